The number of ether oxygens (including phenoxy) is 3. The van der Waals surface area contributed by atoms with Gasteiger partial charge in [0.2, 0.25) is 0 Å². The number of rotatable bonds is 6. The number of anilines is 2. The average molecular weight is 335 g/mol. The number of hydrogen-bond acceptors (Lipinski definition) is 7. The zero-order chi connectivity index (χ0) is 17.1. The van der Waals surface area contributed by atoms with E-state index in [0.29, 0.717) is 29.2 Å². The molecule has 7 heteroatoms. The highest BCUT2D eigenvalue weighted by molar-refractivity contribution is 5.93. The number of hydrogen-bond donors (Lipinski definition) is 2. The molecule has 0 aliphatic carbocycles. The largest absolute Gasteiger partial charge is 0.487 e. The molecule has 2 heterocycles. The van der Waals surface area contributed by atoms with E-state index in [1.807, 2.05) is 0 Å². The van der Waals surface area contributed by atoms with Gasteiger partial charge in [0.25, 0.3) is 0 Å². The first-order valence-corrected chi connectivity index (χ1v) is 8.29. The molecule has 0 saturated carbocycles. The van der Waals surface area contributed by atoms with Crippen LogP contribution in [0.1, 0.15) is 23.2 Å². The summed E-state index contributed by atoms with van der Waals surface area (Å²) in [6.45, 7) is 3.29. The fourth-order valence-electron chi connectivity index (χ4n) is 2.95. The van der Waals surface area contributed by atoms with Crippen LogP contribution in [0.15, 0.2) is 12.1 Å². The molecule has 24 heavy (non-hydrogen) atoms. The molecule has 1 aromatic carbocycles. The van der Waals surface area contributed by atoms with Crippen LogP contribution >= 0.6 is 0 Å². The lowest BCUT2D eigenvalue weighted by molar-refractivity contribution is -0.0410. The van der Waals surface area contributed by atoms with Crippen molar-refractivity contribution in [2.45, 2.75) is 25.0 Å². The third-order valence-electron chi connectivity index (χ3n) is 4.52. The number of nitrogen functional groups attached to an aromatic ring is 1. The highest BCUT2D eigenvalue weighted by atomic mass is 16.5. The third-order valence-corrected chi connectivity index (χ3v) is 4.52. The molecule has 2 saturated heterocycles. The summed E-state index contributed by atoms with van der Waals surface area (Å²) in [7, 11) is 3.42. The minimum Gasteiger partial charge on any atom is -0.487 e. The molecule has 0 bridgehead atoms. The van der Waals surface area contributed by atoms with Gasteiger partial charge in [-0.05, 0) is 32.0 Å². The quantitative estimate of drug-likeness (QED) is 0.599. The zero-order valence-electron chi connectivity index (χ0n) is 14.2. The minimum atomic E-state index is -0.411. The number of nitrogens with one attached hydrogen (secondary N) is 1. The molecule has 1 aromatic rings. The standard InChI is InChI=1S/C17H25N3O4/c1-20-5-3-13(10-20)24-15-8-11(17(21)22-2)7-14(16(15)18)19-9-12-4-6-23-12/h7-8,12-13,19H,3-6,9-10,18H2,1-2H3. The fourth-order valence-corrected chi connectivity index (χ4v) is 2.95. The van der Waals surface area contributed by atoms with Gasteiger partial charge < -0.3 is 30.2 Å². The van der Waals surface area contributed by atoms with E-state index < -0.39 is 5.97 Å². The van der Waals surface area contributed by atoms with Crippen molar-refractivity contribution in [3.8, 4) is 5.75 Å². The highest BCUT2D eigenvalue weighted by Crippen LogP contribution is 2.34. The number of likely N-dealkylation sites (N-methyl/N-ethyl adjacent to an activating group) is 1. The molecule has 3 rings (SSSR count). The summed E-state index contributed by atoms with van der Waals surface area (Å²) >= 11 is 0. The second-order valence-corrected chi connectivity index (χ2v) is 6.38. The van der Waals surface area contributed by atoms with Gasteiger partial charge in [-0.25, -0.2) is 4.79 Å². The summed E-state index contributed by atoms with van der Waals surface area (Å²) < 4.78 is 16.3. The van der Waals surface area contributed by atoms with Crippen LogP contribution in [-0.4, -0.2) is 63.5 Å². The summed E-state index contributed by atoms with van der Waals surface area (Å²) in [5.41, 5.74) is 7.87. The van der Waals surface area contributed by atoms with E-state index >= 15 is 0 Å². The molecule has 2 aliphatic rings. The Bertz CT molecular complexity index is 604. The molecule has 7 nitrogen and oxygen atoms in total. The first kappa shape index (κ1) is 16.9. The van der Waals surface area contributed by atoms with Crippen LogP contribution < -0.4 is 15.8 Å². The number of carbonyl (C=O) groups excluding carboxylic acids is 1. The van der Waals surface area contributed by atoms with Crippen molar-refractivity contribution < 1.29 is 19.0 Å². The second-order valence-electron chi connectivity index (χ2n) is 6.38. The number of likely N-dealkylation sites (tertiary alicyclic amines) is 1. The Morgan fingerprint density at radius 3 is 2.83 bits per heavy atom. The summed E-state index contributed by atoms with van der Waals surface area (Å²) in [6.07, 6.45) is 2.24. The molecule has 3 N–H and O–H groups in total. The van der Waals surface area contributed by atoms with Gasteiger partial charge in [0.05, 0.1) is 30.2 Å². The van der Waals surface area contributed by atoms with Crippen molar-refractivity contribution in [3.05, 3.63) is 17.7 Å². The van der Waals surface area contributed by atoms with Gasteiger partial charge in [-0.15, -0.1) is 0 Å². The topological polar surface area (TPSA) is 86.0 Å². The highest BCUT2D eigenvalue weighted by Gasteiger charge is 2.24. The van der Waals surface area contributed by atoms with Crippen LogP contribution in [-0.2, 0) is 9.47 Å². The Kier molecular flexibility index (Phi) is 5.11. The van der Waals surface area contributed by atoms with E-state index in [0.717, 1.165) is 32.5 Å². The molecular formula is C17H25N3O4. The van der Waals surface area contributed by atoms with Crippen LogP contribution in [0.25, 0.3) is 0 Å². The lowest BCUT2D eigenvalue weighted by Gasteiger charge is -2.27. The Morgan fingerprint density at radius 2 is 2.25 bits per heavy atom. The maximum absolute atomic E-state index is 11.9. The van der Waals surface area contributed by atoms with E-state index in [4.69, 9.17) is 19.9 Å². The SMILES string of the molecule is COC(=O)c1cc(NCC2CCO2)c(N)c(OC2CCN(C)C2)c1. The van der Waals surface area contributed by atoms with Crippen molar-refractivity contribution in [2.24, 2.45) is 0 Å². The van der Waals surface area contributed by atoms with Crippen molar-refractivity contribution >= 4 is 17.3 Å². The van der Waals surface area contributed by atoms with Gasteiger partial charge in [-0.2, -0.15) is 0 Å². The number of nitrogens with two attached hydrogens (primary N) is 1. The summed E-state index contributed by atoms with van der Waals surface area (Å²) in [6, 6.07) is 3.36. The van der Waals surface area contributed by atoms with Gasteiger partial charge >= 0.3 is 5.97 Å². The molecule has 2 atom stereocenters. The van der Waals surface area contributed by atoms with E-state index in [9.17, 15) is 4.79 Å². The van der Waals surface area contributed by atoms with Gasteiger partial charge in [-0.1, -0.05) is 0 Å². The summed E-state index contributed by atoms with van der Waals surface area (Å²) in [5, 5.41) is 3.26. The molecular weight excluding hydrogens is 310 g/mol. The smallest absolute Gasteiger partial charge is 0.338 e. The number of carbonyl (C=O) groups is 1. The van der Waals surface area contributed by atoms with Gasteiger partial charge in [-0.3, -0.25) is 0 Å². The van der Waals surface area contributed by atoms with Crippen molar-refractivity contribution in [2.75, 3.05) is 51.4 Å². The molecule has 0 radical (unpaired) electrons. The molecule has 0 spiro atoms. The average Bonchev–Trinajstić information content (AvgIpc) is 2.93. The Morgan fingerprint density at radius 1 is 1.46 bits per heavy atom. The predicted molar refractivity (Wildman–Crippen MR) is 91.6 cm³/mol. The number of nitrogens with zero attached hydrogens (tertiary/aromatic N) is 1. The molecule has 2 aliphatic heterocycles. The summed E-state index contributed by atoms with van der Waals surface area (Å²) in [5.74, 6) is 0.113. The number of benzene rings is 1. The van der Waals surface area contributed by atoms with E-state index in [1.54, 1.807) is 12.1 Å². The van der Waals surface area contributed by atoms with Crippen molar-refractivity contribution in [3.63, 3.8) is 0 Å². The monoisotopic (exact) mass is 335 g/mol. The van der Waals surface area contributed by atoms with Gasteiger partial charge in [0.1, 0.15) is 11.9 Å². The van der Waals surface area contributed by atoms with Gasteiger partial charge in [0, 0.05) is 26.2 Å². The maximum Gasteiger partial charge on any atom is 0.338 e. The van der Waals surface area contributed by atoms with E-state index in [1.165, 1.54) is 7.11 Å². The zero-order valence-corrected chi connectivity index (χ0v) is 14.2. The molecule has 0 aromatic heterocycles. The Hall–Kier alpha value is -1.99. The van der Waals surface area contributed by atoms with E-state index in [2.05, 4.69) is 17.3 Å². The normalized spacial score (nSPS) is 23.6. The van der Waals surface area contributed by atoms with Crippen LogP contribution in [0.2, 0.25) is 0 Å². The lowest BCUT2D eigenvalue weighted by atomic mass is 10.1. The summed E-state index contributed by atoms with van der Waals surface area (Å²) in [4.78, 5) is 14.2. The van der Waals surface area contributed by atoms with Crippen molar-refractivity contribution in [1.29, 1.82) is 0 Å². The first-order chi connectivity index (χ1) is 11.6. The van der Waals surface area contributed by atoms with Crippen LogP contribution in [0.4, 0.5) is 11.4 Å². The fraction of sp³-hybridized carbons (Fsp3) is 0.588. The lowest BCUT2D eigenvalue weighted by Crippen LogP contribution is -2.33. The number of methoxy groups -OCH3 is 1. The van der Waals surface area contributed by atoms with Crippen LogP contribution in [0.3, 0.4) is 0 Å². The minimum absolute atomic E-state index is 0.0769. The molecule has 132 valence electrons. The third kappa shape index (κ3) is 3.73. The first-order valence-electron chi connectivity index (χ1n) is 8.29. The van der Waals surface area contributed by atoms with Crippen LogP contribution in [0.5, 0.6) is 5.75 Å². The molecule has 2 unspecified atom stereocenters. The Labute approximate surface area is 142 Å². The Balaban J connectivity index is 1.80. The van der Waals surface area contributed by atoms with Crippen molar-refractivity contribution in [1.82, 2.24) is 4.90 Å². The second kappa shape index (κ2) is 7.27. The molecule has 2 fully saturated rings. The molecule has 0 amide bonds. The number of esters is 1. The predicted octanol–water partition coefficient (Wildman–Crippen LogP) is 1.34. The van der Waals surface area contributed by atoms with E-state index in [-0.39, 0.29) is 12.2 Å². The van der Waals surface area contributed by atoms with Crippen LogP contribution in [0, 0.1) is 0 Å². The van der Waals surface area contributed by atoms with Gasteiger partial charge in [0.15, 0.2) is 0 Å². The maximum atomic E-state index is 11.9.